The zero-order valence-corrected chi connectivity index (χ0v) is 12.9. The van der Waals surface area contributed by atoms with E-state index in [0.29, 0.717) is 12.1 Å². The highest BCUT2D eigenvalue weighted by Crippen LogP contribution is 2.23. The third kappa shape index (κ3) is 3.64. The fourth-order valence-electron chi connectivity index (χ4n) is 2.08. The molecule has 0 spiro atoms. The number of nitrogens with one attached hydrogen (secondary N) is 1. The highest BCUT2D eigenvalue weighted by molar-refractivity contribution is 7.11. The predicted molar refractivity (Wildman–Crippen MR) is 82.6 cm³/mol. The first-order valence-electron chi connectivity index (χ1n) is 6.87. The standard InChI is InChI=1S/C16H22N2S/c1-5-15-10-17-16(19-15)13(4)18-12(3)14-8-6-11(2)7-9-14/h6-10,12-13,18H,5H2,1-4H3. The van der Waals surface area contributed by atoms with Crippen molar-refractivity contribution in [1.82, 2.24) is 10.3 Å². The van der Waals surface area contributed by atoms with Gasteiger partial charge in [-0.1, -0.05) is 36.8 Å². The van der Waals surface area contributed by atoms with E-state index < -0.39 is 0 Å². The summed E-state index contributed by atoms with van der Waals surface area (Å²) in [7, 11) is 0. The van der Waals surface area contributed by atoms with Crippen LogP contribution in [0.1, 0.15) is 53.9 Å². The largest absolute Gasteiger partial charge is 0.302 e. The Hall–Kier alpha value is -1.19. The molecule has 19 heavy (non-hydrogen) atoms. The minimum absolute atomic E-state index is 0.293. The van der Waals surface area contributed by atoms with E-state index in [1.54, 1.807) is 11.3 Å². The summed E-state index contributed by atoms with van der Waals surface area (Å²) >= 11 is 1.81. The van der Waals surface area contributed by atoms with Gasteiger partial charge in [-0.05, 0) is 32.8 Å². The van der Waals surface area contributed by atoms with Crippen LogP contribution in [0.25, 0.3) is 0 Å². The van der Waals surface area contributed by atoms with Gasteiger partial charge in [0.05, 0.1) is 6.04 Å². The van der Waals surface area contributed by atoms with Gasteiger partial charge in [0, 0.05) is 17.1 Å². The maximum Gasteiger partial charge on any atom is 0.109 e. The van der Waals surface area contributed by atoms with Crippen molar-refractivity contribution in [1.29, 1.82) is 0 Å². The molecule has 1 aromatic heterocycles. The Morgan fingerprint density at radius 1 is 1.16 bits per heavy atom. The predicted octanol–water partition coefficient (Wildman–Crippen LogP) is 4.43. The van der Waals surface area contributed by atoms with Gasteiger partial charge in [-0.25, -0.2) is 4.98 Å². The number of hydrogen-bond acceptors (Lipinski definition) is 3. The fraction of sp³-hybridized carbons (Fsp3) is 0.438. The minimum Gasteiger partial charge on any atom is -0.302 e. The smallest absolute Gasteiger partial charge is 0.109 e. The maximum absolute atomic E-state index is 4.50. The molecule has 1 N–H and O–H groups in total. The molecular formula is C16H22N2S. The Morgan fingerprint density at radius 3 is 2.42 bits per heavy atom. The summed E-state index contributed by atoms with van der Waals surface area (Å²) in [5, 5.41) is 4.79. The lowest BCUT2D eigenvalue weighted by Gasteiger charge is -2.19. The molecule has 0 radical (unpaired) electrons. The zero-order valence-electron chi connectivity index (χ0n) is 12.1. The molecule has 0 aliphatic heterocycles. The summed E-state index contributed by atoms with van der Waals surface area (Å²) in [6.07, 6.45) is 3.06. The van der Waals surface area contributed by atoms with Crippen molar-refractivity contribution in [2.75, 3.05) is 0 Å². The number of hydrogen-bond donors (Lipinski definition) is 1. The van der Waals surface area contributed by atoms with Gasteiger partial charge < -0.3 is 5.32 Å². The average Bonchev–Trinajstić information content (AvgIpc) is 2.88. The van der Waals surface area contributed by atoms with E-state index in [4.69, 9.17) is 0 Å². The number of thiazole rings is 1. The van der Waals surface area contributed by atoms with E-state index in [0.717, 1.165) is 6.42 Å². The molecule has 0 saturated carbocycles. The molecule has 0 fully saturated rings. The maximum atomic E-state index is 4.50. The average molecular weight is 274 g/mol. The van der Waals surface area contributed by atoms with Crippen LogP contribution in [-0.4, -0.2) is 4.98 Å². The van der Waals surface area contributed by atoms with Gasteiger partial charge in [-0.2, -0.15) is 0 Å². The summed E-state index contributed by atoms with van der Waals surface area (Å²) < 4.78 is 0. The minimum atomic E-state index is 0.293. The van der Waals surface area contributed by atoms with E-state index in [9.17, 15) is 0 Å². The highest BCUT2D eigenvalue weighted by atomic mass is 32.1. The van der Waals surface area contributed by atoms with Crippen LogP contribution in [0, 0.1) is 6.92 Å². The van der Waals surface area contributed by atoms with Gasteiger partial charge in [0.15, 0.2) is 0 Å². The normalized spacial score (nSPS) is 14.3. The number of rotatable bonds is 5. The first-order chi connectivity index (χ1) is 9.10. The molecule has 0 aliphatic rings. The number of aromatic nitrogens is 1. The van der Waals surface area contributed by atoms with E-state index in [1.165, 1.54) is 21.0 Å². The Labute approximate surface area is 119 Å². The lowest BCUT2D eigenvalue weighted by molar-refractivity contribution is 0.493. The lowest BCUT2D eigenvalue weighted by atomic mass is 10.1. The van der Waals surface area contributed by atoms with Gasteiger partial charge in [0.2, 0.25) is 0 Å². The third-order valence-electron chi connectivity index (χ3n) is 3.37. The van der Waals surface area contributed by atoms with E-state index >= 15 is 0 Å². The highest BCUT2D eigenvalue weighted by Gasteiger charge is 2.13. The molecule has 102 valence electrons. The van der Waals surface area contributed by atoms with Crippen molar-refractivity contribution in [3.05, 3.63) is 51.5 Å². The molecule has 2 rings (SSSR count). The van der Waals surface area contributed by atoms with Crippen LogP contribution >= 0.6 is 11.3 Å². The summed E-state index contributed by atoms with van der Waals surface area (Å²) in [6, 6.07) is 9.34. The molecule has 1 aromatic carbocycles. The molecule has 2 atom stereocenters. The van der Waals surface area contributed by atoms with Crippen molar-refractivity contribution >= 4 is 11.3 Å². The Morgan fingerprint density at radius 2 is 1.84 bits per heavy atom. The monoisotopic (exact) mass is 274 g/mol. The van der Waals surface area contributed by atoms with E-state index in [-0.39, 0.29) is 0 Å². The molecular weight excluding hydrogens is 252 g/mol. The second-order valence-corrected chi connectivity index (χ2v) is 6.19. The Balaban J connectivity index is 2.01. The van der Waals surface area contributed by atoms with Crippen LogP contribution in [0.5, 0.6) is 0 Å². The van der Waals surface area contributed by atoms with Crippen molar-refractivity contribution < 1.29 is 0 Å². The number of benzene rings is 1. The van der Waals surface area contributed by atoms with Gasteiger partial charge in [-0.3, -0.25) is 0 Å². The molecule has 2 aromatic rings. The zero-order chi connectivity index (χ0) is 13.8. The third-order valence-corrected chi connectivity index (χ3v) is 4.69. The number of aryl methyl sites for hydroxylation is 2. The van der Waals surface area contributed by atoms with Crippen molar-refractivity contribution in [3.63, 3.8) is 0 Å². The van der Waals surface area contributed by atoms with E-state index in [2.05, 4.69) is 62.3 Å². The Bertz CT molecular complexity index is 516. The fourth-order valence-corrected chi connectivity index (χ4v) is 2.95. The lowest BCUT2D eigenvalue weighted by Crippen LogP contribution is -2.22. The van der Waals surface area contributed by atoms with Crippen LogP contribution in [0.3, 0.4) is 0 Å². The van der Waals surface area contributed by atoms with Crippen molar-refractivity contribution in [2.24, 2.45) is 0 Å². The van der Waals surface area contributed by atoms with Crippen LogP contribution in [-0.2, 0) is 6.42 Å². The molecule has 1 heterocycles. The Kier molecular flexibility index (Phi) is 4.72. The SMILES string of the molecule is CCc1cnc(C(C)NC(C)c2ccc(C)cc2)s1. The first kappa shape index (κ1) is 14.2. The summed E-state index contributed by atoms with van der Waals surface area (Å²) in [6.45, 7) is 8.68. The van der Waals surface area contributed by atoms with Crippen molar-refractivity contribution in [2.45, 2.75) is 46.2 Å². The van der Waals surface area contributed by atoms with Gasteiger partial charge >= 0.3 is 0 Å². The first-order valence-corrected chi connectivity index (χ1v) is 7.69. The second kappa shape index (κ2) is 6.31. The molecule has 0 amide bonds. The summed E-state index contributed by atoms with van der Waals surface area (Å²) in [5.74, 6) is 0. The molecule has 2 nitrogen and oxygen atoms in total. The molecule has 3 heteroatoms. The second-order valence-electron chi connectivity index (χ2n) is 5.04. The van der Waals surface area contributed by atoms with Gasteiger partial charge in [0.25, 0.3) is 0 Å². The van der Waals surface area contributed by atoms with Gasteiger partial charge in [0.1, 0.15) is 5.01 Å². The summed E-state index contributed by atoms with van der Waals surface area (Å²) in [4.78, 5) is 5.86. The topological polar surface area (TPSA) is 24.9 Å². The van der Waals surface area contributed by atoms with E-state index in [1.807, 2.05) is 6.20 Å². The molecule has 2 unspecified atom stereocenters. The van der Waals surface area contributed by atoms with Crippen LogP contribution in [0.4, 0.5) is 0 Å². The molecule has 0 saturated heterocycles. The number of nitrogens with zero attached hydrogens (tertiary/aromatic N) is 1. The van der Waals surface area contributed by atoms with Gasteiger partial charge in [-0.15, -0.1) is 11.3 Å². The van der Waals surface area contributed by atoms with Crippen LogP contribution < -0.4 is 5.32 Å². The summed E-state index contributed by atoms with van der Waals surface area (Å²) in [5.41, 5.74) is 2.63. The quantitative estimate of drug-likeness (QED) is 0.872. The van der Waals surface area contributed by atoms with Crippen molar-refractivity contribution in [3.8, 4) is 0 Å². The molecule has 0 aliphatic carbocycles. The van der Waals surface area contributed by atoms with Crippen LogP contribution in [0.15, 0.2) is 30.5 Å². The van der Waals surface area contributed by atoms with Crippen LogP contribution in [0.2, 0.25) is 0 Å². The molecule has 0 bridgehead atoms.